The maximum atomic E-state index is 11.7. The lowest BCUT2D eigenvalue weighted by atomic mass is 10.0. The van der Waals surface area contributed by atoms with E-state index in [1.54, 1.807) is 18.2 Å². The largest absolute Gasteiger partial charge is 0.456 e. The molecule has 0 aliphatic carbocycles. The zero-order chi connectivity index (χ0) is 17.0. The van der Waals surface area contributed by atoms with Crippen molar-refractivity contribution in [3.63, 3.8) is 0 Å². The number of benzene rings is 1. The SMILES string of the molecule is CC(=O)OCC(=O)Nc1ccc(C2=NNC(=O)NC2C)cc1Br. The summed E-state index contributed by atoms with van der Waals surface area (Å²) in [5.41, 5.74) is 4.35. The Morgan fingerprint density at radius 2 is 2.17 bits per heavy atom. The van der Waals surface area contributed by atoms with Crippen molar-refractivity contribution >= 4 is 45.2 Å². The number of urea groups is 1. The van der Waals surface area contributed by atoms with Crippen molar-refractivity contribution < 1.29 is 19.1 Å². The van der Waals surface area contributed by atoms with Crippen LogP contribution in [-0.4, -0.2) is 36.3 Å². The van der Waals surface area contributed by atoms with Gasteiger partial charge in [-0.25, -0.2) is 10.2 Å². The molecule has 0 radical (unpaired) electrons. The van der Waals surface area contributed by atoms with Crippen LogP contribution in [0.2, 0.25) is 0 Å². The number of hydrogen-bond donors (Lipinski definition) is 3. The lowest BCUT2D eigenvalue weighted by molar-refractivity contribution is -0.144. The highest BCUT2D eigenvalue weighted by atomic mass is 79.9. The van der Waals surface area contributed by atoms with Gasteiger partial charge in [-0.1, -0.05) is 6.07 Å². The first-order valence-corrected chi connectivity index (χ1v) is 7.53. The number of ether oxygens (including phenoxy) is 1. The van der Waals surface area contributed by atoms with Crippen LogP contribution in [0.3, 0.4) is 0 Å². The van der Waals surface area contributed by atoms with E-state index in [1.807, 2.05) is 6.92 Å². The normalized spacial score (nSPS) is 16.7. The van der Waals surface area contributed by atoms with E-state index >= 15 is 0 Å². The second kappa shape index (κ2) is 7.23. The molecule has 0 fully saturated rings. The molecule has 0 spiro atoms. The van der Waals surface area contributed by atoms with Crippen molar-refractivity contribution in [1.82, 2.24) is 10.7 Å². The summed E-state index contributed by atoms with van der Waals surface area (Å²) in [7, 11) is 0. The van der Waals surface area contributed by atoms with Gasteiger partial charge in [0, 0.05) is 17.0 Å². The van der Waals surface area contributed by atoms with Gasteiger partial charge in [0.05, 0.1) is 17.4 Å². The number of carbonyl (C=O) groups is 3. The van der Waals surface area contributed by atoms with Gasteiger partial charge in [-0.05, 0) is 35.0 Å². The Kier molecular flexibility index (Phi) is 5.32. The highest BCUT2D eigenvalue weighted by molar-refractivity contribution is 9.10. The minimum absolute atomic E-state index is 0.236. The minimum atomic E-state index is -0.520. The summed E-state index contributed by atoms with van der Waals surface area (Å²) in [6.45, 7) is 2.71. The van der Waals surface area contributed by atoms with E-state index in [0.29, 0.717) is 15.9 Å². The van der Waals surface area contributed by atoms with Crippen molar-refractivity contribution in [1.29, 1.82) is 0 Å². The Morgan fingerprint density at radius 3 is 2.78 bits per heavy atom. The van der Waals surface area contributed by atoms with Gasteiger partial charge in [0.25, 0.3) is 5.91 Å². The topological polar surface area (TPSA) is 109 Å². The molecule has 3 amide bonds. The zero-order valence-corrected chi connectivity index (χ0v) is 14.1. The fourth-order valence-corrected chi connectivity index (χ4v) is 2.43. The van der Waals surface area contributed by atoms with Gasteiger partial charge in [-0.15, -0.1) is 0 Å². The zero-order valence-electron chi connectivity index (χ0n) is 12.5. The van der Waals surface area contributed by atoms with E-state index < -0.39 is 11.9 Å². The molecule has 1 heterocycles. The summed E-state index contributed by atoms with van der Waals surface area (Å²) < 4.78 is 5.26. The van der Waals surface area contributed by atoms with Crippen LogP contribution >= 0.6 is 15.9 Å². The predicted molar refractivity (Wildman–Crippen MR) is 87.1 cm³/mol. The molecule has 1 unspecified atom stereocenters. The van der Waals surface area contributed by atoms with Gasteiger partial charge in [0.1, 0.15) is 0 Å². The van der Waals surface area contributed by atoms with Crippen LogP contribution in [-0.2, 0) is 14.3 Å². The molecule has 0 saturated carbocycles. The van der Waals surface area contributed by atoms with Crippen molar-refractivity contribution in [2.24, 2.45) is 5.10 Å². The van der Waals surface area contributed by atoms with Gasteiger partial charge in [-0.2, -0.15) is 5.10 Å². The highest BCUT2D eigenvalue weighted by Crippen LogP contribution is 2.24. The molecular formula is C14H15BrN4O4. The number of nitrogens with zero attached hydrogens (tertiary/aromatic N) is 1. The summed E-state index contributed by atoms with van der Waals surface area (Å²) in [6, 6.07) is 4.64. The first-order valence-electron chi connectivity index (χ1n) is 6.74. The van der Waals surface area contributed by atoms with Crippen LogP contribution < -0.4 is 16.1 Å². The third-order valence-electron chi connectivity index (χ3n) is 2.98. The van der Waals surface area contributed by atoms with E-state index in [2.05, 4.69) is 41.8 Å². The molecule has 23 heavy (non-hydrogen) atoms. The number of anilines is 1. The standard InChI is InChI=1S/C14H15BrN4O4/c1-7-13(18-19-14(22)16-7)9-3-4-11(10(15)5-9)17-12(21)6-23-8(2)20/h3-5,7H,6H2,1-2H3,(H,17,21)(H2,16,19,22). The molecule has 1 aliphatic heterocycles. The first-order chi connectivity index (χ1) is 10.9. The van der Waals surface area contributed by atoms with E-state index in [1.165, 1.54) is 6.92 Å². The summed E-state index contributed by atoms with van der Waals surface area (Å²) in [5, 5.41) is 9.36. The Bertz CT molecular complexity index is 689. The number of hydrazone groups is 1. The summed E-state index contributed by atoms with van der Waals surface area (Å²) in [6.07, 6.45) is 0. The van der Waals surface area contributed by atoms with Gasteiger partial charge in [-0.3, -0.25) is 9.59 Å². The average molecular weight is 383 g/mol. The van der Waals surface area contributed by atoms with Crippen molar-refractivity contribution in [3.05, 3.63) is 28.2 Å². The van der Waals surface area contributed by atoms with Crippen molar-refractivity contribution in [2.45, 2.75) is 19.9 Å². The Labute approximate surface area is 140 Å². The molecule has 0 bridgehead atoms. The number of esters is 1. The number of halogens is 1. The molecule has 3 N–H and O–H groups in total. The maximum Gasteiger partial charge on any atom is 0.335 e. The van der Waals surface area contributed by atoms with Crippen LogP contribution in [0.15, 0.2) is 27.8 Å². The van der Waals surface area contributed by atoms with Crippen LogP contribution in [0.5, 0.6) is 0 Å². The number of nitrogens with one attached hydrogen (secondary N) is 3. The molecular weight excluding hydrogens is 368 g/mol. The molecule has 8 nitrogen and oxygen atoms in total. The van der Waals surface area contributed by atoms with E-state index in [0.717, 1.165) is 5.56 Å². The van der Waals surface area contributed by atoms with Gasteiger partial charge < -0.3 is 15.4 Å². The Morgan fingerprint density at radius 1 is 1.43 bits per heavy atom. The number of rotatable bonds is 4. The first kappa shape index (κ1) is 16.9. The van der Waals surface area contributed by atoms with Crippen molar-refractivity contribution in [3.8, 4) is 0 Å². The van der Waals surface area contributed by atoms with Gasteiger partial charge in [0.2, 0.25) is 0 Å². The van der Waals surface area contributed by atoms with E-state index in [4.69, 9.17) is 0 Å². The summed E-state index contributed by atoms with van der Waals surface area (Å²) >= 11 is 3.37. The fraction of sp³-hybridized carbons (Fsp3) is 0.286. The smallest absolute Gasteiger partial charge is 0.335 e. The molecule has 0 saturated heterocycles. The highest BCUT2D eigenvalue weighted by Gasteiger charge is 2.21. The number of hydrogen-bond acceptors (Lipinski definition) is 5. The third kappa shape index (κ3) is 4.52. The number of amides is 3. The minimum Gasteiger partial charge on any atom is -0.456 e. The molecule has 1 atom stereocenters. The fourth-order valence-electron chi connectivity index (χ4n) is 1.95. The van der Waals surface area contributed by atoms with Gasteiger partial charge in [0.15, 0.2) is 6.61 Å². The van der Waals surface area contributed by atoms with Crippen LogP contribution in [0, 0.1) is 0 Å². The molecule has 2 rings (SSSR count). The van der Waals surface area contributed by atoms with Crippen molar-refractivity contribution in [2.75, 3.05) is 11.9 Å². The lowest BCUT2D eigenvalue weighted by Gasteiger charge is -2.21. The Balaban J connectivity index is 2.10. The molecule has 0 aromatic heterocycles. The quantitative estimate of drug-likeness (QED) is 0.682. The molecule has 1 aromatic carbocycles. The third-order valence-corrected chi connectivity index (χ3v) is 3.64. The molecule has 122 valence electrons. The molecule has 9 heteroatoms. The predicted octanol–water partition coefficient (Wildman–Crippen LogP) is 1.36. The second-order valence-corrected chi connectivity index (χ2v) is 5.68. The monoisotopic (exact) mass is 382 g/mol. The molecule has 1 aliphatic rings. The van der Waals surface area contributed by atoms with Crippen LogP contribution in [0.1, 0.15) is 19.4 Å². The Hall–Kier alpha value is -2.42. The average Bonchev–Trinajstić information content (AvgIpc) is 2.47. The maximum absolute atomic E-state index is 11.7. The molecule has 1 aromatic rings. The van der Waals surface area contributed by atoms with E-state index in [-0.39, 0.29) is 18.7 Å². The summed E-state index contributed by atoms with van der Waals surface area (Å²) in [4.78, 5) is 33.5. The summed E-state index contributed by atoms with van der Waals surface area (Å²) in [5.74, 6) is -0.959. The second-order valence-electron chi connectivity index (χ2n) is 4.83. The van der Waals surface area contributed by atoms with Crippen LogP contribution in [0.4, 0.5) is 10.5 Å². The van der Waals surface area contributed by atoms with E-state index in [9.17, 15) is 14.4 Å². The van der Waals surface area contributed by atoms with Crippen LogP contribution in [0.25, 0.3) is 0 Å². The number of carbonyl (C=O) groups excluding carboxylic acids is 3. The lowest BCUT2D eigenvalue weighted by Crippen LogP contribution is -2.48. The van der Waals surface area contributed by atoms with Gasteiger partial charge >= 0.3 is 12.0 Å².